The second kappa shape index (κ2) is 27.8. The van der Waals surface area contributed by atoms with Crippen LogP contribution < -0.4 is 34.9 Å². The molecule has 22 heteroatoms. The first-order chi connectivity index (χ1) is 36.5. The van der Waals surface area contributed by atoms with Crippen LogP contribution in [0.3, 0.4) is 0 Å². The van der Waals surface area contributed by atoms with Gasteiger partial charge < -0.3 is 49.6 Å². The number of unbranched alkanes of at least 4 members (excludes halogenated alkanes) is 2. The second-order valence-corrected chi connectivity index (χ2v) is 19.8. The molecule has 0 saturated carbocycles. The topological polar surface area (TPSA) is 275 Å². The predicted octanol–water partition coefficient (Wildman–Crippen LogP) is 6.12. The van der Waals surface area contributed by atoms with Gasteiger partial charge in [0, 0.05) is 67.6 Å². The number of anilines is 1. The number of carbonyl (C=O) groups is 9. The van der Waals surface area contributed by atoms with Crippen molar-refractivity contribution in [3.63, 3.8) is 0 Å². The van der Waals surface area contributed by atoms with Gasteiger partial charge in [0.2, 0.25) is 35.4 Å². The molecule has 0 aliphatic carbocycles. The van der Waals surface area contributed by atoms with Crippen molar-refractivity contribution < 1.29 is 71.9 Å². The number of carboxylic acids is 1. The molecule has 6 amide bonds. The number of rotatable bonds is 30. The number of aliphatic carboxylic acids is 1. The number of fused-ring (bicyclic) bond motifs is 2. The number of thiophene rings is 1. The zero-order chi connectivity index (χ0) is 54.9. The lowest BCUT2D eigenvalue weighted by molar-refractivity contribution is -0.147. The van der Waals surface area contributed by atoms with Gasteiger partial charge in [0.1, 0.15) is 12.6 Å². The Morgan fingerprint density at radius 1 is 0.816 bits per heavy atom. The standard InChI is InChI=1S/C54H66N6O15S/c1-6-32(2)38-26-49(65)60(54(38)70)20-9-7-8-11-46(62)55-28-47(63)56-33(3)52(69)57-37-14-12-34(13-15-37)31-75-51(68)19-17-48(64)59-29-36-24-43(72-5)53(58-39(36)30-59)74-22-10-21-73-42-23-35-25-45(40(61)16-18-50(66)67)76-44(35)27-41(42)71-4/h12-15,23-25,27,32-33,38H,6-11,16-22,26,28-31H2,1-5H3,(H,55,62)(H,56,63)(H,57,69)(H,66,67)/t32?,33-,38?/m0/s1. The first-order valence-corrected chi connectivity index (χ1v) is 26.2. The van der Waals surface area contributed by atoms with E-state index in [0.717, 1.165) is 22.1 Å². The van der Waals surface area contributed by atoms with Crippen LogP contribution in [0.15, 0.2) is 48.5 Å². The van der Waals surface area contributed by atoms with E-state index in [1.165, 1.54) is 37.4 Å². The Morgan fingerprint density at radius 3 is 2.29 bits per heavy atom. The number of hydrogen-bond acceptors (Lipinski definition) is 16. The molecule has 4 N–H and O–H groups in total. The number of amides is 6. The minimum Gasteiger partial charge on any atom is -0.493 e. The summed E-state index contributed by atoms with van der Waals surface area (Å²) in [4.78, 5) is 120. The lowest BCUT2D eigenvalue weighted by atomic mass is 9.90. The zero-order valence-electron chi connectivity index (χ0n) is 43.5. The summed E-state index contributed by atoms with van der Waals surface area (Å²) in [7, 11) is 3.01. The molecule has 2 aromatic carbocycles. The number of hydrogen-bond donors (Lipinski definition) is 4. The fourth-order valence-corrected chi connectivity index (χ4v) is 9.51. The summed E-state index contributed by atoms with van der Waals surface area (Å²) in [5.74, 6) is -2.20. The molecule has 4 heterocycles. The Hall–Kier alpha value is -7.62. The zero-order valence-corrected chi connectivity index (χ0v) is 44.3. The third kappa shape index (κ3) is 16.2. The monoisotopic (exact) mass is 1070 g/mol. The molecular formula is C54H66N6O15S. The summed E-state index contributed by atoms with van der Waals surface area (Å²) in [6, 6.07) is 12.7. The van der Waals surface area contributed by atoms with Gasteiger partial charge >= 0.3 is 11.9 Å². The van der Waals surface area contributed by atoms with E-state index < -0.39 is 29.8 Å². The minimum absolute atomic E-state index is 0.0610. The van der Waals surface area contributed by atoms with Crippen LogP contribution in [0.4, 0.5) is 5.69 Å². The van der Waals surface area contributed by atoms with Crippen molar-refractivity contribution in [3.05, 3.63) is 70.2 Å². The summed E-state index contributed by atoms with van der Waals surface area (Å²) in [5.41, 5.74) is 2.51. The molecule has 1 fully saturated rings. The van der Waals surface area contributed by atoms with Crippen molar-refractivity contribution in [1.29, 1.82) is 0 Å². The van der Waals surface area contributed by atoms with Crippen LogP contribution in [-0.4, -0.2) is 120 Å². The van der Waals surface area contributed by atoms with E-state index in [0.29, 0.717) is 71.3 Å². The second-order valence-electron chi connectivity index (χ2n) is 18.7. The van der Waals surface area contributed by atoms with Crippen LogP contribution in [0.2, 0.25) is 0 Å². The third-order valence-electron chi connectivity index (χ3n) is 13.1. The maximum Gasteiger partial charge on any atom is 0.306 e. The molecular weight excluding hydrogens is 1000 g/mol. The van der Waals surface area contributed by atoms with Gasteiger partial charge in [0.25, 0.3) is 5.88 Å². The normalized spacial score (nSPS) is 14.7. The average molecular weight is 1070 g/mol. The third-order valence-corrected chi connectivity index (χ3v) is 14.2. The number of ketones is 1. The van der Waals surface area contributed by atoms with Crippen molar-refractivity contribution in [1.82, 2.24) is 25.4 Å². The smallest absolute Gasteiger partial charge is 0.306 e. The number of imide groups is 1. The largest absolute Gasteiger partial charge is 0.493 e. The summed E-state index contributed by atoms with van der Waals surface area (Å²) in [6.07, 6.45) is 2.92. The Bertz CT molecular complexity index is 2780. The van der Waals surface area contributed by atoms with Crippen molar-refractivity contribution >= 4 is 80.3 Å². The molecule has 0 bridgehead atoms. The van der Waals surface area contributed by atoms with E-state index in [1.807, 2.05) is 13.8 Å². The van der Waals surface area contributed by atoms with E-state index in [-0.39, 0.29) is 125 Å². The van der Waals surface area contributed by atoms with Gasteiger partial charge in [-0.15, -0.1) is 11.3 Å². The summed E-state index contributed by atoms with van der Waals surface area (Å²) >= 11 is 1.26. The maximum atomic E-state index is 13.2. The van der Waals surface area contributed by atoms with Crippen LogP contribution in [0.1, 0.15) is 118 Å². The fraction of sp³-hybridized carbons (Fsp3) is 0.481. The van der Waals surface area contributed by atoms with Crippen LogP contribution in [0.25, 0.3) is 10.1 Å². The highest BCUT2D eigenvalue weighted by Crippen LogP contribution is 2.38. The molecule has 6 rings (SSSR count). The number of benzene rings is 2. The number of carbonyl (C=O) groups excluding carboxylic acids is 8. The van der Waals surface area contributed by atoms with Gasteiger partial charge in [-0.1, -0.05) is 38.8 Å². The molecule has 4 aromatic rings. The number of aromatic nitrogens is 1. The highest BCUT2D eigenvalue weighted by molar-refractivity contribution is 7.20. The molecule has 2 aliphatic heterocycles. The number of likely N-dealkylation sites (tertiary alicyclic amines) is 1. The molecule has 21 nitrogen and oxygen atoms in total. The highest BCUT2D eigenvalue weighted by atomic mass is 32.1. The van der Waals surface area contributed by atoms with Crippen LogP contribution in [-0.2, 0) is 62.8 Å². The van der Waals surface area contributed by atoms with Crippen LogP contribution in [0.5, 0.6) is 23.1 Å². The number of Topliss-reactive ketones (excluding diaryl/α,β-unsaturated/α-hetero) is 1. The number of methoxy groups -OCH3 is 2. The van der Waals surface area contributed by atoms with E-state index in [1.54, 1.807) is 53.4 Å². The molecule has 2 aliphatic rings. The Balaban J connectivity index is 0.834. The van der Waals surface area contributed by atoms with E-state index in [4.69, 9.17) is 28.8 Å². The molecule has 1 saturated heterocycles. The minimum atomic E-state index is -1.03. The number of esters is 1. The Morgan fingerprint density at radius 2 is 1.57 bits per heavy atom. The van der Waals surface area contributed by atoms with Gasteiger partial charge in [0.05, 0.1) is 63.9 Å². The molecule has 2 unspecified atom stereocenters. The van der Waals surface area contributed by atoms with Crippen LogP contribution in [0, 0.1) is 11.8 Å². The van der Waals surface area contributed by atoms with E-state index >= 15 is 0 Å². The maximum absolute atomic E-state index is 13.2. The van der Waals surface area contributed by atoms with Gasteiger partial charge in [0.15, 0.2) is 23.0 Å². The van der Waals surface area contributed by atoms with Crippen molar-refractivity contribution in [3.8, 4) is 23.1 Å². The molecule has 3 atom stereocenters. The first-order valence-electron chi connectivity index (χ1n) is 25.4. The number of ether oxygens (including phenoxy) is 5. The van der Waals surface area contributed by atoms with Gasteiger partial charge in [-0.3, -0.25) is 48.1 Å². The van der Waals surface area contributed by atoms with E-state index in [2.05, 4.69) is 20.9 Å². The van der Waals surface area contributed by atoms with Crippen molar-refractivity contribution in [2.75, 3.05) is 45.8 Å². The van der Waals surface area contributed by atoms with Gasteiger partial charge in [-0.25, -0.2) is 4.98 Å². The highest BCUT2D eigenvalue weighted by Gasteiger charge is 2.40. The average Bonchev–Trinajstić information content (AvgIpc) is 4.11. The lowest BCUT2D eigenvalue weighted by Gasteiger charge is -2.17. The Kier molecular flexibility index (Phi) is 21.1. The SMILES string of the molecule is CCC(C)C1CC(=O)N(CCCCCC(=O)NCC(=O)N[C@@H](C)C(=O)Nc2ccc(COC(=O)CCC(=O)N3Cc4cc(OC)c(OCCCOc5cc6cc(C(=O)CCC(=O)O)sc6cc5OC)nc4C3)cc2)C1=O. The van der Waals surface area contributed by atoms with Crippen LogP contribution >= 0.6 is 11.3 Å². The van der Waals surface area contributed by atoms with Crippen molar-refractivity contribution in [2.24, 2.45) is 11.8 Å². The quantitative estimate of drug-likeness (QED) is 0.0198. The summed E-state index contributed by atoms with van der Waals surface area (Å²) in [5, 5.41) is 17.5. The predicted molar refractivity (Wildman–Crippen MR) is 278 cm³/mol. The summed E-state index contributed by atoms with van der Waals surface area (Å²) in [6.45, 7) is 6.43. The number of carboxylic acid groups (broad SMARTS) is 1. The number of nitrogens with one attached hydrogen (secondary N) is 3. The molecule has 2 aromatic heterocycles. The first kappa shape index (κ1) is 57.7. The fourth-order valence-electron chi connectivity index (χ4n) is 8.47. The number of nitrogens with zero attached hydrogens (tertiary/aromatic N) is 3. The van der Waals surface area contributed by atoms with Gasteiger partial charge in [-0.2, -0.15) is 0 Å². The molecule has 0 spiro atoms. The van der Waals surface area contributed by atoms with Crippen molar-refractivity contribution in [2.45, 2.75) is 117 Å². The number of pyridine rings is 1. The lowest BCUT2D eigenvalue weighted by Crippen LogP contribution is -2.45. The Labute approximate surface area is 444 Å². The molecule has 76 heavy (non-hydrogen) atoms. The van der Waals surface area contributed by atoms with E-state index in [9.17, 15) is 43.2 Å². The molecule has 0 radical (unpaired) electrons. The summed E-state index contributed by atoms with van der Waals surface area (Å²) < 4.78 is 29.2. The van der Waals surface area contributed by atoms with Gasteiger partial charge in [-0.05, 0) is 72.5 Å². The molecule has 408 valence electrons.